The first-order chi connectivity index (χ1) is 17.8. The van der Waals surface area contributed by atoms with Crippen LogP contribution in [0.25, 0.3) is 16.6 Å². The van der Waals surface area contributed by atoms with E-state index in [0.29, 0.717) is 16.6 Å². The fourth-order valence-corrected chi connectivity index (χ4v) is 4.10. The lowest BCUT2D eigenvalue weighted by Gasteiger charge is -2.14. The number of para-hydroxylation sites is 1. The van der Waals surface area contributed by atoms with Gasteiger partial charge in [0.15, 0.2) is 17.3 Å². The van der Waals surface area contributed by atoms with Crippen LogP contribution in [0.2, 0.25) is 5.02 Å². The van der Waals surface area contributed by atoms with Crippen molar-refractivity contribution >= 4 is 39.9 Å². The van der Waals surface area contributed by atoms with E-state index < -0.39 is 17.3 Å². The monoisotopic (exact) mass is 514 g/mol. The van der Waals surface area contributed by atoms with Gasteiger partial charge in [-0.15, -0.1) is 0 Å². The molecule has 0 bridgehead atoms. The van der Waals surface area contributed by atoms with Crippen LogP contribution >= 0.6 is 11.6 Å². The number of hydrogen-bond acceptors (Lipinski definition) is 5. The minimum atomic E-state index is -0.750. The molecule has 1 amide bonds. The number of pyridine rings is 2. The number of amides is 1. The molecule has 0 radical (unpaired) electrons. The van der Waals surface area contributed by atoms with E-state index in [9.17, 15) is 14.0 Å². The number of benzene rings is 3. The Morgan fingerprint density at radius 3 is 2.62 bits per heavy atom. The van der Waals surface area contributed by atoms with Crippen LogP contribution < -0.4 is 21.3 Å². The van der Waals surface area contributed by atoms with Gasteiger partial charge in [-0.05, 0) is 54.3 Å². The summed E-state index contributed by atoms with van der Waals surface area (Å²) >= 11 is 6.06. The highest BCUT2D eigenvalue weighted by Gasteiger charge is 2.18. The third-order valence-electron chi connectivity index (χ3n) is 5.71. The quantitative estimate of drug-likeness (QED) is 0.294. The number of halogens is 2. The third-order valence-corrected chi connectivity index (χ3v) is 6.09. The van der Waals surface area contributed by atoms with Crippen molar-refractivity contribution in [3.63, 3.8) is 0 Å². The molecule has 0 aliphatic carbocycles. The first-order valence-electron chi connectivity index (χ1n) is 11.2. The Labute approximate surface area is 215 Å². The van der Waals surface area contributed by atoms with Gasteiger partial charge in [-0.1, -0.05) is 41.9 Å². The normalized spacial score (nSPS) is 10.9. The Hall–Kier alpha value is -4.69. The number of nitrogens with zero attached hydrogens (tertiary/aromatic N) is 2. The number of nitrogens with one attached hydrogen (secondary N) is 1. The molecule has 7 nitrogen and oxygen atoms in total. The van der Waals surface area contributed by atoms with Gasteiger partial charge in [0, 0.05) is 29.7 Å². The SMILES string of the molecule is Cc1cccc(-n2c(=O)c(C(=O)Nc3ccc(Oc4ccnc(N)c4Cl)c(F)c3)cc3ccccc32)c1. The van der Waals surface area contributed by atoms with Crippen molar-refractivity contribution in [3.05, 3.63) is 117 Å². The number of anilines is 2. The minimum absolute atomic E-state index is 0.0511. The van der Waals surface area contributed by atoms with E-state index in [1.807, 2.05) is 49.4 Å². The van der Waals surface area contributed by atoms with E-state index >= 15 is 0 Å². The standard InChI is InChI=1S/C28H20ClFN4O3/c1-16-5-4-7-19(13-16)34-22-8-3-2-6-17(22)14-20(28(34)36)27(35)33-18-9-10-23(21(30)15-18)37-24-11-12-32-26(31)25(24)29/h2-15H,1H3,(H2,31,32)(H,33,35). The molecule has 0 aliphatic rings. The predicted molar refractivity (Wildman–Crippen MR) is 142 cm³/mol. The smallest absolute Gasteiger partial charge is 0.268 e. The number of fused-ring (bicyclic) bond motifs is 1. The van der Waals surface area contributed by atoms with Crippen LogP contribution in [-0.2, 0) is 0 Å². The van der Waals surface area contributed by atoms with Gasteiger partial charge in [0.05, 0.1) is 5.52 Å². The molecule has 0 unspecified atom stereocenters. The van der Waals surface area contributed by atoms with Crippen LogP contribution in [0.15, 0.2) is 89.9 Å². The Morgan fingerprint density at radius 2 is 1.84 bits per heavy atom. The first kappa shape index (κ1) is 24.0. The van der Waals surface area contributed by atoms with Gasteiger partial charge >= 0.3 is 0 Å². The molecule has 5 aromatic rings. The highest BCUT2D eigenvalue weighted by atomic mass is 35.5. The van der Waals surface area contributed by atoms with Crippen LogP contribution in [0.1, 0.15) is 15.9 Å². The summed E-state index contributed by atoms with van der Waals surface area (Å²) in [4.78, 5) is 30.5. The summed E-state index contributed by atoms with van der Waals surface area (Å²) < 4.78 is 21.8. The summed E-state index contributed by atoms with van der Waals surface area (Å²) in [5, 5.41) is 3.36. The summed E-state index contributed by atoms with van der Waals surface area (Å²) in [6.07, 6.45) is 1.39. The fourth-order valence-electron chi connectivity index (χ4n) is 3.94. The summed E-state index contributed by atoms with van der Waals surface area (Å²) in [7, 11) is 0. The molecule has 2 heterocycles. The van der Waals surface area contributed by atoms with E-state index in [1.165, 1.54) is 35.0 Å². The average Bonchev–Trinajstić information content (AvgIpc) is 2.88. The summed E-state index contributed by atoms with van der Waals surface area (Å²) in [6.45, 7) is 1.92. The molecule has 37 heavy (non-hydrogen) atoms. The van der Waals surface area contributed by atoms with Crippen molar-refractivity contribution in [2.75, 3.05) is 11.1 Å². The molecule has 3 aromatic carbocycles. The van der Waals surface area contributed by atoms with Crippen LogP contribution in [0.5, 0.6) is 11.5 Å². The molecule has 0 aliphatic heterocycles. The van der Waals surface area contributed by atoms with Crippen LogP contribution in [-0.4, -0.2) is 15.5 Å². The second-order valence-corrected chi connectivity index (χ2v) is 8.68. The summed E-state index contributed by atoms with van der Waals surface area (Å²) in [6, 6.07) is 21.6. The largest absolute Gasteiger partial charge is 0.453 e. The number of nitrogen functional groups attached to an aromatic ring is 1. The molecule has 0 spiro atoms. The van der Waals surface area contributed by atoms with Crippen LogP contribution in [0.3, 0.4) is 0 Å². The van der Waals surface area contributed by atoms with Crippen LogP contribution in [0.4, 0.5) is 15.9 Å². The molecule has 9 heteroatoms. The number of carbonyl (C=O) groups excluding carboxylic acids is 1. The van der Waals surface area contributed by atoms with E-state index in [4.69, 9.17) is 22.1 Å². The summed E-state index contributed by atoms with van der Waals surface area (Å²) in [5.74, 6) is -1.36. The zero-order chi connectivity index (χ0) is 26.1. The number of nitrogens with two attached hydrogens (primary N) is 1. The van der Waals surface area contributed by atoms with Crippen molar-refractivity contribution in [2.45, 2.75) is 6.92 Å². The van der Waals surface area contributed by atoms with Gasteiger partial charge in [-0.3, -0.25) is 14.2 Å². The van der Waals surface area contributed by atoms with Gasteiger partial charge < -0.3 is 15.8 Å². The second kappa shape index (κ2) is 9.75. The van der Waals surface area contributed by atoms with Gasteiger partial charge in [0.2, 0.25) is 0 Å². The lowest BCUT2D eigenvalue weighted by atomic mass is 10.1. The Balaban J connectivity index is 1.48. The maximum Gasteiger partial charge on any atom is 0.268 e. The zero-order valence-electron chi connectivity index (χ0n) is 19.5. The van der Waals surface area contributed by atoms with E-state index in [0.717, 1.165) is 11.6 Å². The molecule has 0 saturated heterocycles. The maximum atomic E-state index is 14.8. The molecule has 184 valence electrons. The average molecular weight is 515 g/mol. The van der Waals surface area contributed by atoms with Crippen molar-refractivity contribution in [2.24, 2.45) is 0 Å². The molecule has 0 saturated carbocycles. The van der Waals surface area contributed by atoms with E-state index in [2.05, 4.69) is 10.3 Å². The molecular formula is C28H20ClFN4O3. The van der Waals surface area contributed by atoms with Gasteiger partial charge in [-0.2, -0.15) is 0 Å². The predicted octanol–water partition coefficient (Wildman–Crippen LogP) is 6.11. The van der Waals surface area contributed by atoms with E-state index in [1.54, 1.807) is 6.07 Å². The van der Waals surface area contributed by atoms with Crippen LogP contribution in [0, 0.1) is 12.7 Å². The molecule has 2 aromatic heterocycles. The second-order valence-electron chi connectivity index (χ2n) is 8.31. The van der Waals surface area contributed by atoms with Gasteiger partial charge in [0.25, 0.3) is 11.5 Å². The highest BCUT2D eigenvalue weighted by Crippen LogP contribution is 2.34. The Kier molecular flexibility index (Phi) is 6.33. The topological polar surface area (TPSA) is 99.2 Å². The third kappa shape index (κ3) is 4.74. The Morgan fingerprint density at radius 1 is 1.03 bits per heavy atom. The number of aromatic nitrogens is 2. The van der Waals surface area contributed by atoms with E-state index in [-0.39, 0.29) is 33.6 Å². The first-order valence-corrected chi connectivity index (χ1v) is 11.6. The Bertz CT molecular complexity index is 1740. The zero-order valence-corrected chi connectivity index (χ0v) is 20.3. The van der Waals surface area contributed by atoms with Crippen molar-refractivity contribution < 1.29 is 13.9 Å². The van der Waals surface area contributed by atoms with Gasteiger partial charge in [-0.25, -0.2) is 9.37 Å². The number of carbonyl (C=O) groups is 1. The fraction of sp³-hybridized carbons (Fsp3) is 0.0357. The number of hydrogen-bond donors (Lipinski definition) is 2. The summed E-state index contributed by atoms with van der Waals surface area (Å²) in [5.41, 5.74) is 7.50. The van der Waals surface area contributed by atoms with Crippen molar-refractivity contribution in [1.82, 2.24) is 9.55 Å². The highest BCUT2D eigenvalue weighted by molar-refractivity contribution is 6.34. The van der Waals surface area contributed by atoms with Crippen molar-refractivity contribution in [3.8, 4) is 17.2 Å². The molecule has 5 rings (SSSR count). The minimum Gasteiger partial charge on any atom is -0.453 e. The number of rotatable bonds is 5. The number of aryl methyl sites for hydroxylation is 1. The van der Waals surface area contributed by atoms with Crippen molar-refractivity contribution in [1.29, 1.82) is 0 Å². The lowest BCUT2D eigenvalue weighted by Crippen LogP contribution is -2.28. The molecule has 0 fully saturated rings. The molecule has 0 atom stereocenters. The lowest BCUT2D eigenvalue weighted by molar-refractivity contribution is 0.102. The number of ether oxygens (including phenoxy) is 1. The maximum absolute atomic E-state index is 14.8. The van der Waals surface area contributed by atoms with Gasteiger partial charge in [0.1, 0.15) is 16.4 Å². The molecular weight excluding hydrogens is 495 g/mol. The molecule has 3 N–H and O–H groups in total.